The Morgan fingerprint density at radius 2 is 1.18 bits per heavy atom. The van der Waals surface area contributed by atoms with Gasteiger partial charge >= 0.3 is 0 Å². The molecule has 22 heavy (non-hydrogen) atoms. The average molecular weight is 294 g/mol. The van der Waals surface area contributed by atoms with Crippen LogP contribution in [0.1, 0.15) is 11.1 Å². The summed E-state index contributed by atoms with van der Waals surface area (Å²) in [4.78, 5) is 0. The Morgan fingerprint density at radius 3 is 1.82 bits per heavy atom. The molecule has 3 rings (SSSR count). The lowest BCUT2D eigenvalue weighted by Gasteiger charge is -2.08. The fourth-order valence-electron chi connectivity index (χ4n) is 2.44. The van der Waals surface area contributed by atoms with Crippen molar-refractivity contribution >= 4 is 0 Å². The zero-order chi connectivity index (χ0) is 15.7. The summed E-state index contributed by atoms with van der Waals surface area (Å²) in [5.74, 6) is -0.666. The molecule has 0 amide bonds. The Hall–Kier alpha value is -2.48. The quantitative estimate of drug-likeness (QED) is 0.550. The largest absolute Gasteiger partial charge is 0.207 e. The van der Waals surface area contributed by atoms with Crippen molar-refractivity contribution in [2.24, 2.45) is 0 Å². The van der Waals surface area contributed by atoms with Crippen LogP contribution in [-0.4, -0.2) is 0 Å². The van der Waals surface area contributed by atoms with Gasteiger partial charge < -0.3 is 0 Å². The van der Waals surface area contributed by atoms with Crippen LogP contribution in [0, 0.1) is 25.5 Å². The van der Waals surface area contributed by atoms with Gasteiger partial charge in [0.05, 0.1) is 0 Å². The standard InChI is InChI=1S/C20H16F2/c1-13-3-6-15(7-4-13)16-9-10-18(20(22)11-16)17-8-5-14(2)19(21)12-17/h3-12H,1-2H3. The van der Waals surface area contributed by atoms with Gasteiger partial charge in [0, 0.05) is 5.56 Å². The third-order valence-electron chi connectivity index (χ3n) is 3.84. The first-order chi connectivity index (χ1) is 10.5. The summed E-state index contributed by atoms with van der Waals surface area (Å²) in [5.41, 5.74) is 4.46. The third-order valence-corrected chi connectivity index (χ3v) is 3.84. The maximum absolute atomic E-state index is 14.4. The van der Waals surface area contributed by atoms with Crippen LogP contribution in [0.5, 0.6) is 0 Å². The van der Waals surface area contributed by atoms with Gasteiger partial charge in [0.1, 0.15) is 11.6 Å². The van der Waals surface area contributed by atoms with E-state index in [0.717, 1.165) is 16.7 Å². The Kier molecular flexibility index (Phi) is 3.76. The van der Waals surface area contributed by atoms with Crippen molar-refractivity contribution in [2.45, 2.75) is 13.8 Å². The van der Waals surface area contributed by atoms with E-state index in [4.69, 9.17) is 0 Å². The highest BCUT2D eigenvalue weighted by Crippen LogP contribution is 2.29. The van der Waals surface area contributed by atoms with Gasteiger partial charge in [-0.15, -0.1) is 0 Å². The normalized spacial score (nSPS) is 10.7. The molecule has 0 nitrogen and oxygen atoms in total. The SMILES string of the molecule is Cc1ccc(-c2ccc(-c3ccc(C)c(F)c3)c(F)c2)cc1. The number of benzene rings is 3. The molecule has 0 N–H and O–H groups in total. The van der Waals surface area contributed by atoms with Crippen LogP contribution in [0.2, 0.25) is 0 Å². The van der Waals surface area contributed by atoms with Crippen LogP contribution in [0.4, 0.5) is 8.78 Å². The fourth-order valence-corrected chi connectivity index (χ4v) is 2.44. The summed E-state index contributed by atoms with van der Waals surface area (Å²) in [7, 11) is 0. The number of hydrogen-bond donors (Lipinski definition) is 0. The maximum Gasteiger partial charge on any atom is 0.131 e. The molecule has 0 saturated carbocycles. The summed E-state index contributed by atoms with van der Waals surface area (Å²) in [6.45, 7) is 3.70. The van der Waals surface area contributed by atoms with E-state index >= 15 is 0 Å². The molecule has 0 aromatic heterocycles. The minimum atomic E-state index is -0.346. The van der Waals surface area contributed by atoms with Gasteiger partial charge in [0.15, 0.2) is 0 Å². The lowest BCUT2D eigenvalue weighted by atomic mass is 9.98. The predicted molar refractivity (Wildman–Crippen MR) is 86.7 cm³/mol. The molecular weight excluding hydrogens is 278 g/mol. The summed E-state index contributed by atoms with van der Waals surface area (Å²) in [6.07, 6.45) is 0. The Morgan fingerprint density at radius 1 is 0.591 bits per heavy atom. The molecular formula is C20H16F2. The molecule has 2 heteroatoms. The molecule has 0 bridgehead atoms. The number of aryl methyl sites for hydroxylation is 2. The monoisotopic (exact) mass is 294 g/mol. The van der Waals surface area contributed by atoms with E-state index in [9.17, 15) is 8.78 Å². The number of hydrogen-bond acceptors (Lipinski definition) is 0. The second-order valence-electron chi connectivity index (χ2n) is 5.52. The van der Waals surface area contributed by atoms with Gasteiger partial charge in [-0.3, -0.25) is 0 Å². The molecule has 3 aromatic rings. The summed E-state index contributed by atoms with van der Waals surface area (Å²) in [5, 5.41) is 0. The lowest BCUT2D eigenvalue weighted by molar-refractivity contribution is 0.617. The van der Waals surface area contributed by atoms with Gasteiger partial charge in [0.25, 0.3) is 0 Å². The van der Waals surface area contributed by atoms with E-state index in [1.54, 1.807) is 25.1 Å². The minimum absolute atomic E-state index is 0.320. The highest BCUT2D eigenvalue weighted by molar-refractivity contribution is 5.71. The Labute approximate surface area is 129 Å². The van der Waals surface area contributed by atoms with Crippen molar-refractivity contribution in [3.8, 4) is 22.3 Å². The van der Waals surface area contributed by atoms with E-state index in [-0.39, 0.29) is 11.6 Å². The van der Waals surface area contributed by atoms with Crippen LogP contribution < -0.4 is 0 Å². The van der Waals surface area contributed by atoms with Gasteiger partial charge in [-0.1, -0.05) is 54.1 Å². The van der Waals surface area contributed by atoms with Crippen LogP contribution in [-0.2, 0) is 0 Å². The molecule has 3 aromatic carbocycles. The van der Waals surface area contributed by atoms with E-state index in [2.05, 4.69) is 0 Å². The van der Waals surface area contributed by atoms with Crippen LogP contribution in [0.25, 0.3) is 22.3 Å². The van der Waals surface area contributed by atoms with Crippen molar-refractivity contribution in [1.29, 1.82) is 0 Å². The first-order valence-corrected chi connectivity index (χ1v) is 7.18. The summed E-state index contributed by atoms with van der Waals surface area (Å²) < 4.78 is 28.1. The van der Waals surface area contributed by atoms with Crippen molar-refractivity contribution in [3.63, 3.8) is 0 Å². The first-order valence-electron chi connectivity index (χ1n) is 7.18. The molecule has 0 saturated heterocycles. The van der Waals surface area contributed by atoms with Crippen molar-refractivity contribution in [3.05, 3.63) is 83.4 Å². The van der Waals surface area contributed by atoms with E-state index in [0.29, 0.717) is 16.7 Å². The van der Waals surface area contributed by atoms with Crippen LogP contribution in [0.3, 0.4) is 0 Å². The van der Waals surface area contributed by atoms with Gasteiger partial charge in [-0.25, -0.2) is 8.78 Å². The second-order valence-corrected chi connectivity index (χ2v) is 5.52. The lowest BCUT2D eigenvalue weighted by Crippen LogP contribution is -1.89. The van der Waals surface area contributed by atoms with Crippen molar-refractivity contribution in [1.82, 2.24) is 0 Å². The molecule has 0 radical (unpaired) electrons. The third kappa shape index (κ3) is 2.77. The summed E-state index contributed by atoms with van der Waals surface area (Å²) >= 11 is 0. The van der Waals surface area contributed by atoms with E-state index < -0.39 is 0 Å². The minimum Gasteiger partial charge on any atom is -0.207 e. The van der Waals surface area contributed by atoms with Gasteiger partial charge in [-0.05, 0) is 48.2 Å². The highest BCUT2D eigenvalue weighted by Gasteiger charge is 2.09. The fraction of sp³-hybridized carbons (Fsp3) is 0.100. The van der Waals surface area contributed by atoms with Crippen LogP contribution >= 0.6 is 0 Å². The molecule has 0 atom stereocenters. The second kappa shape index (κ2) is 5.72. The molecule has 0 aliphatic carbocycles. The maximum atomic E-state index is 14.4. The Balaban J connectivity index is 2.01. The molecule has 0 aliphatic rings. The number of rotatable bonds is 2. The van der Waals surface area contributed by atoms with Crippen LogP contribution in [0.15, 0.2) is 60.7 Å². The molecule has 0 aliphatic heterocycles. The molecule has 0 heterocycles. The molecule has 0 spiro atoms. The average Bonchev–Trinajstić information content (AvgIpc) is 2.51. The Bertz CT molecular complexity index is 818. The zero-order valence-electron chi connectivity index (χ0n) is 12.5. The van der Waals surface area contributed by atoms with Crippen molar-refractivity contribution < 1.29 is 8.78 Å². The zero-order valence-corrected chi connectivity index (χ0v) is 12.5. The van der Waals surface area contributed by atoms with Gasteiger partial charge in [-0.2, -0.15) is 0 Å². The van der Waals surface area contributed by atoms with Crippen molar-refractivity contribution in [2.75, 3.05) is 0 Å². The first kappa shape index (κ1) is 14.5. The molecule has 110 valence electrons. The number of halogens is 2. The topological polar surface area (TPSA) is 0 Å². The van der Waals surface area contributed by atoms with E-state index in [1.165, 1.54) is 12.1 Å². The molecule has 0 fully saturated rings. The predicted octanol–water partition coefficient (Wildman–Crippen LogP) is 5.92. The van der Waals surface area contributed by atoms with E-state index in [1.807, 2.05) is 37.3 Å². The van der Waals surface area contributed by atoms with Gasteiger partial charge in [0.2, 0.25) is 0 Å². The highest BCUT2D eigenvalue weighted by atomic mass is 19.1. The summed E-state index contributed by atoms with van der Waals surface area (Å²) in [6, 6.07) is 17.8. The molecule has 0 unspecified atom stereocenters. The smallest absolute Gasteiger partial charge is 0.131 e.